The fourth-order valence-corrected chi connectivity index (χ4v) is 2.35. The van der Waals surface area contributed by atoms with E-state index >= 15 is 0 Å². The molecule has 2 heteroatoms. The van der Waals surface area contributed by atoms with E-state index in [4.69, 9.17) is 4.74 Å². The summed E-state index contributed by atoms with van der Waals surface area (Å²) in [5.74, 6) is 1.98. The normalized spacial score (nSPS) is 16.7. The van der Waals surface area contributed by atoms with Crippen molar-refractivity contribution in [2.75, 3.05) is 13.2 Å². The van der Waals surface area contributed by atoms with Crippen LogP contribution < -0.4 is 10.1 Å². The first-order valence-corrected chi connectivity index (χ1v) is 7.02. The highest BCUT2D eigenvalue weighted by Crippen LogP contribution is 2.32. The molecule has 1 unspecified atom stereocenters. The molecule has 1 fully saturated rings. The van der Waals surface area contributed by atoms with Crippen LogP contribution in [0.5, 0.6) is 5.75 Å². The van der Waals surface area contributed by atoms with Crippen molar-refractivity contribution in [2.24, 2.45) is 5.92 Å². The van der Waals surface area contributed by atoms with Crippen LogP contribution in [0.1, 0.15) is 36.5 Å². The van der Waals surface area contributed by atoms with Crippen molar-refractivity contribution in [3.8, 4) is 5.75 Å². The summed E-state index contributed by atoms with van der Waals surface area (Å²) >= 11 is 0. The molecule has 0 amide bonds. The van der Waals surface area contributed by atoms with E-state index in [9.17, 15) is 0 Å². The molecule has 0 aromatic heterocycles. The monoisotopic (exact) mass is 247 g/mol. The molecule has 0 radical (unpaired) electrons. The van der Waals surface area contributed by atoms with Crippen LogP contribution in [0.25, 0.3) is 0 Å². The van der Waals surface area contributed by atoms with Gasteiger partial charge in [-0.1, -0.05) is 12.1 Å². The zero-order valence-corrected chi connectivity index (χ0v) is 12.0. The summed E-state index contributed by atoms with van der Waals surface area (Å²) in [7, 11) is 0. The Bertz CT molecular complexity index is 410. The molecule has 0 aliphatic heterocycles. The Labute approximate surface area is 111 Å². The molecule has 2 nitrogen and oxygen atoms in total. The Morgan fingerprint density at radius 2 is 1.89 bits per heavy atom. The SMILES string of the molecule is Cc1ccc(C)c(OCCNC(C)C2CC2)c1C. The van der Waals surface area contributed by atoms with Gasteiger partial charge in [0.1, 0.15) is 12.4 Å². The van der Waals surface area contributed by atoms with E-state index in [1.54, 1.807) is 0 Å². The Morgan fingerprint density at radius 3 is 2.56 bits per heavy atom. The van der Waals surface area contributed by atoms with Crippen molar-refractivity contribution >= 4 is 0 Å². The van der Waals surface area contributed by atoms with E-state index in [-0.39, 0.29) is 0 Å². The molecule has 1 aromatic carbocycles. The zero-order valence-electron chi connectivity index (χ0n) is 12.0. The Balaban J connectivity index is 1.80. The molecule has 0 bridgehead atoms. The lowest BCUT2D eigenvalue weighted by molar-refractivity contribution is 0.299. The van der Waals surface area contributed by atoms with Gasteiger partial charge in [-0.15, -0.1) is 0 Å². The molecule has 0 saturated heterocycles. The van der Waals surface area contributed by atoms with Crippen molar-refractivity contribution in [1.82, 2.24) is 5.32 Å². The van der Waals surface area contributed by atoms with Crippen LogP contribution in [0.4, 0.5) is 0 Å². The molecule has 0 spiro atoms. The maximum atomic E-state index is 5.94. The van der Waals surface area contributed by atoms with Gasteiger partial charge in [0.15, 0.2) is 0 Å². The van der Waals surface area contributed by atoms with Crippen LogP contribution in [0.15, 0.2) is 12.1 Å². The van der Waals surface area contributed by atoms with Gasteiger partial charge in [0.25, 0.3) is 0 Å². The molecule has 100 valence electrons. The highest BCUT2D eigenvalue weighted by Gasteiger charge is 2.27. The lowest BCUT2D eigenvalue weighted by atomic mass is 10.1. The fourth-order valence-electron chi connectivity index (χ4n) is 2.35. The first kappa shape index (κ1) is 13.4. The smallest absolute Gasteiger partial charge is 0.125 e. The summed E-state index contributed by atoms with van der Waals surface area (Å²) in [6, 6.07) is 4.94. The van der Waals surface area contributed by atoms with Crippen LogP contribution >= 0.6 is 0 Å². The average molecular weight is 247 g/mol. The minimum absolute atomic E-state index is 0.647. The van der Waals surface area contributed by atoms with E-state index in [2.05, 4.69) is 45.1 Å². The van der Waals surface area contributed by atoms with Gasteiger partial charge in [-0.05, 0) is 63.1 Å². The van der Waals surface area contributed by atoms with Gasteiger partial charge in [0, 0.05) is 12.6 Å². The lowest BCUT2D eigenvalue weighted by Crippen LogP contribution is -2.31. The molecule has 1 aliphatic carbocycles. The molecular weight excluding hydrogens is 222 g/mol. The van der Waals surface area contributed by atoms with E-state index in [1.165, 1.54) is 29.5 Å². The van der Waals surface area contributed by atoms with E-state index < -0.39 is 0 Å². The molecule has 1 saturated carbocycles. The maximum Gasteiger partial charge on any atom is 0.125 e. The first-order chi connectivity index (χ1) is 8.59. The topological polar surface area (TPSA) is 21.3 Å². The van der Waals surface area contributed by atoms with Crippen molar-refractivity contribution in [3.63, 3.8) is 0 Å². The van der Waals surface area contributed by atoms with Gasteiger partial charge in [0.05, 0.1) is 0 Å². The van der Waals surface area contributed by atoms with Crippen LogP contribution in [-0.4, -0.2) is 19.2 Å². The van der Waals surface area contributed by atoms with Gasteiger partial charge in [0.2, 0.25) is 0 Å². The number of ether oxygens (including phenoxy) is 1. The molecule has 1 aromatic rings. The lowest BCUT2D eigenvalue weighted by Gasteiger charge is -2.16. The molecule has 0 heterocycles. The summed E-state index contributed by atoms with van der Waals surface area (Å²) in [6.45, 7) is 10.3. The van der Waals surface area contributed by atoms with Crippen molar-refractivity contribution in [3.05, 3.63) is 28.8 Å². The van der Waals surface area contributed by atoms with Crippen LogP contribution in [0.2, 0.25) is 0 Å². The molecule has 1 atom stereocenters. The predicted molar refractivity (Wildman–Crippen MR) is 76.3 cm³/mol. The predicted octanol–water partition coefficient (Wildman–Crippen LogP) is 3.38. The van der Waals surface area contributed by atoms with Crippen molar-refractivity contribution in [2.45, 2.75) is 46.6 Å². The van der Waals surface area contributed by atoms with E-state index in [0.29, 0.717) is 6.04 Å². The highest BCUT2D eigenvalue weighted by molar-refractivity contribution is 5.44. The minimum atomic E-state index is 0.647. The Hall–Kier alpha value is -1.02. The van der Waals surface area contributed by atoms with E-state index in [0.717, 1.165) is 24.8 Å². The summed E-state index contributed by atoms with van der Waals surface area (Å²) in [5, 5.41) is 3.54. The Kier molecular flexibility index (Phi) is 4.28. The van der Waals surface area contributed by atoms with E-state index in [1.807, 2.05) is 0 Å². The fraction of sp³-hybridized carbons (Fsp3) is 0.625. The third kappa shape index (κ3) is 3.26. The first-order valence-electron chi connectivity index (χ1n) is 7.02. The summed E-state index contributed by atoms with van der Waals surface area (Å²) in [6.07, 6.45) is 2.79. The quantitative estimate of drug-likeness (QED) is 0.778. The highest BCUT2D eigenvalue weighted by atomic mass is 16.5. The second-order valence-corrected chi connectivity index (χ2v) is 5.58. The molecule has 2 rings (SSSR count). The third-order valence-corrected chi connectivity index (χ3v) is 4.02. The number of nitrogens with one attached hydrogen (secondary N) is 1. The average Bonchev–Trinajstić information content (AvgIpc) is 3.17. The summed E-state index contributed by atoms with van der Waals surface area (Å²) < 4.78 is 5.94. The minimum Gasteiger partial charge on any atom is -0.492 e. The third-order valence-electron chi connectivity index (χ3n) is 4.02. The zero-order chi connectivity index (χ0) is 13.1. The van der Waals surface area contributed by atoms with Gasteiger partial charge >= 0.3 is 0 Å². The second-order valence-electron chi connectivity index (χ2n) is 5.58. The van der Waals surface area contributed by atoms with Crippen LogP contribution in [0.3, 0.4) is 0 Å². The number of hydrogen-bond donors (Lipinski definition) is 1. The van der Waals surface area contributed by atoms with Gasteiger partial charge in [-0.2, -0.15) is 0 Å². The molecular formula is C16H25NO. The molecule has 1 aliphatic rings. The molecule has 1 N–H and O–H groups in total. The number of rotatable bonds is 6. The number of hydrogen-bond acceptors (Lipinski definition) is 2. The second kappa shape index (κ2) is 5.75. The standard InChI is InChI=1S/C16H25NO/c1-11-5-6-12(2)16(13(11)3)18-10-9-17-14(4)15-7-8-15/h5-6,14-15,17H,7-10H2,1-4H3. The summed E-state index contributed by atoms with van der Waals surface area (Å²) in [4.78, 5) is 0. The van der Waals surface area contributed by atoms with Gasteiger partial charge in [-0.3, -0.25) is 0 Å². The van der Waals surface area contributed by atoms with Gasteiger partial charge < -0.3 is 10.1 Å². The largest absolute Gasteiger partial charge is 0.492 e. The van der Waals surface area contributed by atoms with Gasteiger partial charge in [-0.25, -0.2) is 0 Å². The van der Waals surface area contributed by atoms with Crippen molar-refractivity contribution in [1.29, 1.82) is 0 Å². The maximum absolute atomic E-state index is 5.94. The van der Waals surface area contributed by atoms with Crippen LogP contribution in [0, 0.1) is 26.7 Å². The Morgan fingerprint density at radius 1 is 1.22 bits per heavy atom. The number of benzene rings is 1. The van der Waals surface area contributed by atoms with Crippen molar-refractivity contribution < 1.29 is 4.74 Å². The molecule has 18 heavy (non-hydrogen) atoms. The summed E-state index contributed by atoms with van der Waals surface area (Å²) in [5.41, 5.74) is 3.80. The van der Waals surface area contributed by atoms with Crippen LogP contribution in [-0.2, 0) is 0 Å². The number of aryl methyl sites for hydroxylation is 2.